The van der Waals surface area contributed by atoms with Gasteiger partial charge in [0.05, 0.1) is 5.69 Å². The fourth-order valence-corrected chi connectivity index (χ4v) is 2.20. The minimum Gasteiger partial charge on any atom is -0.379 e. The van der Waals surface area contributed by atoms with Crippen molar-refractivity contribution in [1.82, 2.24) is 9.78 Å². The minimum atomic E-state index is 0.534. The number of nitrogens with one attached hydrogen (secondary N) is 1. The van der Waals surface area contributed by atoms with Crippen LogP contribution in [0.3, 0.4) is 0 Å². The van der Waals surface area contributed by atoms with Gasteiger partial charge in [-0.1, -0.05) is 0 Å². The lowest BCUT2D eigenvalue weighted by Gasteiger charge is -2.34. The van der Waals surface area contributed by atoms with Crippen molar-refractivity contribution in [2.24, 2.45) is 0 Å². The van der Waals surface area contributed by atoms with Crippen LogP contribution in [0.1, 0.15) is 26.5 Å². The third-order valence-electron chi connectivity index (χ3n) is 2.95. The number of rotatable bonds is 2. The second-order valence-corrected chi connectivity index (χ2v) is 4.31. The maximum absolute atomic E-state index is 4.56. The average Bonchev–Trinajstić information content (AvgIpc) is 2.55. The van der Waals surface area contributed by atoms with Gasteiger partial charge in [-0.3, -0.25) is 0 Å². The summed E-state index contributed by atoms with van der Waals surface area (Å²) in [5, 5.41) is 8.00. The van der Waals surface area contributed by atoms with Crippen LogP contribution in [0.25, 0.3) is 0 Å². The van der Waals surface area contributed by atoms with Crippen LogP contribution in [0.4, 0.5) is 11.5 Å². The Morgan fingerprint density at radius 1 is 1.47 bits per heavy atom. The first-order valence-electron chi connectivity index (χ1n) is 5.73. The van der Waals surface area contributed by atoms with Gasteiger partial charge in [-0.2, -0.15) is 5.10 Å². The lowest BCUT2D eigenvalue weighted by molar-refractivity contribution is 0.598. The largest absolute Gasteiger partial charge is 0.379 e. The lowest BCUT2D eigenvalue weighted by atomic mass is 10.2. The molecule has 0 saturated heterocycles. The van der Waals surface area contributed by atoms with Crippen LogP contribution >= 0.6 is 0 Å². The smallest absolute Gasteiger partial charge is 0.151 e. The Kier molecular flexibility index (Phi) is 2.59. The van der Waals surface area contributed by atoms with E-state index in [1.165, 1.54) is 11.5 Å². The summed E-state index contributed by atoms with van der Waals surface area (Å²) in [5.41, 5.74) is 2.33. The zero-order chi connectivity index (χ0) is 11.0. The van der Waals surface area contributed by atoms with E-state index in [9.17, 15) is 0 Å². The molecule has 1 aromatic heterocycles. The first kappa shape index (κ1) is 10.3. The van der Waals surface area contributed by atoms with Crippen molar-refractivity contribution in [3.05, 3.63) is 5.69 Å². The fourth-order valence-electron chi connectivity index (χ4n) is 2.20. The van der Waals surface area contributed by atoms with Crippen LogP contribution in [0.5, 0.6) is 0 Å². The molecule has 0 unspecified atom stereocenters. The Morgan fingerprint density at radius 3 is 2.80 bits per heavy atom. The predicted octanol–water partition coefficient (Wildman–Crippen LogP) is 1.85. The van der Waals surface area contributed by atoms with Crippen LogP contribution in [0.15, 0.2) is 0 Å². The molecule has 0 saturated carbocycles. The summed E-state index contributed by atoms with van der Waals surface area (Å²) in [6, 6.07) is 0.534. The number of hydrogen-bond donors (Lipinski definition) is 1. The molecule has 4 nitrogen and oxygen atoms in total. The summed E-state index contributed by atoms with van der Waals surface area (Å²) >= 11 is 0. The van der Waals surface area contributed by atoms with Crippen molar-refractivity contribution in [1.29, 1.82) is 0 Å². The van der Waals surface area contributed by atoms with Crippen LogP contribution in [0.2, 0.25) is 0 Å². The van der Waals surface area contributed by atoms with E-state index >= 15 is 0 Å². The van der Waals surface area contributed by atoms with E-state index in [4.69, 9.17) is 0 Å². The van der Waals surface area contributed by atoms with Crippen molar-refractivity contribution in [3.63, 3.8) is 0 Å². The van der Waals surface area contributed by atoms with Gasteiger partial charge in [-0.25, -0.2) is 4.68 Å². The molecule has 0 bridgehead atoms. The van der Waals surface area contributed by atoms with Crippen LogP contribution in [-0.2, 0) is 6.54 Å². The van der Waals surface area contributed by atoms with Gasteiger partial charge in [-0.05, 0) is 27.7 Å². The summed E-state index contributed by atoms with van der Waals surface area (Å²) in [4.78, 5) is 2.43. The molecule has 15 heavy (non-hydrogen) atoms. The topological polar surface area (TPSA) is 33.1 Å². The molecule has 1 N–H and O–H groups in total. The fraction of sp³-hybridized carbons (Fsp3) is 0.727. The monoisotopic (exact) mass is 208 g/mol. The van der Waals surface area contributed by atoms with Crippen LogP contribution in [-0.4, -0.2) is 28.9 Å². The van der Waals surface area contributed by atoms with E-state index < -0.39 is 0 Å². The highest BCUT2D eigenvalue weighted by Gasteiger charge is 2.25. The highest BCUT2D eigenvalue weighted by molar-refractivity contribution is 5.71. The number of fused-ring (bicyclic) bond motifs is 1. The van der Waals surface area contributed by atoms with E-state index in [-0.39, 0.29) is 0 Å². The summed E-state index contributed by atoms with van der Waals surface area (Å²) in [5.74, 6) is 1.26. The maximum atomic E-state index is 4.56. The molecule has 0 atom stereocenters. The Bertz CT molecular complexity index is 354. The molecule has 0 aromatic carbocycles. The van der Waals surface area contributed by atoms with Crippen molar-refractivity contribution in [3.8, 4) is 0 Å². The zero-order valence-corrected chi connectivity index (χ0v) is 10.0. The Morgan fingerprint density at radius 2 is 2.20 bits per heavy atom. The summed E-state index contributed by atoms with van der Waals surface area (Å²) in [6.07, 6.45) is 0. The Labute approximate surface area is 91.3 Å². The van der Waals surface area contributed by atoms with Gasteiger partial charge >= 0.3 is 0 Å². The van der Waals surface area contributed by atoms with Crippen LogP contribution < -0.4 is 10.2 Å². The first-order chi connectivity index (χ1) is 7.15. The highest BCUT2D eigenvalue weighted by Crippen LogP contribution is 2.33. The highest BCUT2D eigenvalue weighted by atomic mass is 15.4. The van der Waals surface area contributed by atoms with E-state index in [2.05, 4.69) is 47.7 Å². The predicted molar refractivity (Wildman–Crippen MR) is 63.6 cm³/mol. The molecule has 2 rings (SSSR count). The second kappa shape index (κ2) is 3.76. The van der Waals surface area contributed by atoms with E-state index in [0.29, 0.717) is 6.04 Å². The summed E-state index contributed by atoms with van der Waals surface area (Å²) in [7, 11) is 0. The zero-order valence-electron chi connectivity index (χ0n) is 10.0. The second-order valence-electron chi connectivity index (χ2n) is 4.31. The van der Waals surface area contributed by atoms with E-state index in [1.807, 2.05) is 0 Å². The SMILES string of the molecule is CCn1nc(C)c2c1N(C(C)C)CCN2. The molecule has 2 heterocycles. The van der Waals surface area contributed by atoms with Gasteiger partial charge in [0.1, 0.15) is 5.69 Å². The van der Waals surface area contributed by atoms with Gasteiger partial charge in [0, 0.05) is 25.7 Å². The molecule has 0 amide bonds. The first-order valence-corrected chi connectivity index (χ1v) is 5.73. The third-order valence-corrected chi connectivity index (χ3v) is 2.95. The lowest BCUT2D eigenvalue weighted by Crippen LogP contribution is -2.40. The van der Waals surface area contributed by atoms with E-state index in [0.717, 1.165) is 25.3 Å². The van der Waals surface area contributed by atoms with Gasteiger partial charge in [0.2, 0.25) is 0 Å². The van der Waals surface area contributed by atoms with Gasteiger partial charge in [-0.15, -0.1) is 0 Å². The quantitative estimate of drug-likeness (QED) is 0.805. The molecule has 84 valence electrons. The molecule has 1 aliphatic heterocycles. The maximum Gasteiger partial charge on any atom is 0.151 e. The molecule has 1 aliphatic rings. The molecular weight excluding hydrogens is 188 g/mol. The Balaban J connectivity index is 2.48. The number of aromatic nitrogens is 2. The molecule has 0 fully saturated rings. The minimum absolute atomic E-state index is 0.534. The third kappa shape index (κ3) is 1.58. The van der Waals surface area contributed by atoms with Gasteiger partial charge in [0.25, 0.3) is 0 Å². The normalized spacial score (nSPS) is 15.4. The number of anilines is 2. The molecular formula is C11H20N4. The van der Waals surface area contributed by atoms with Crippen LogP contribution in [0, 0.1) is 6.92 Å². The van der Waals surface area contributed by atoms with E-state index in [1.54, 1.807) is 0 Å². The van der Waals surface area contributed by atoms with Crippen molar-refractivity contribution in [2.45, 2.75) is 40.3 Å². The summed E-state index contributed by atoms with van der Waals surface area (Å²) < 4.78 is 2.09. The molecule has 0 spiro atoms. The molecule has 4 heteroatoms. The average molecular weight is 208 g/mol. The number of nitrogens with zero attached hydrogens (tertiary/aromatic N) is 3. The Hall–Kier alpha value is -1.19. The van der Waals surface area contributed by atoms with Gasteiger partial charge < -0.3 is 10.2 Å². The number of hydrogen-bond acceptors (Lipinski definition) is 3. The summed E-state index contributed by atoms with van der Waals surface area (Å²) in [6.45, 7) is 11.7. The molecule has 0 aliphatic carbocycles. The molecule has 1 aromatic rings. The standard InChI is InChI=1S/C11H20N4/c1-5-15-11-10(9(4)13-15)12-6-7-14(11)8(2)3/h8,12H,5-7H2,1-4H3. The van der Waals surface area contributed by atoms with Gasteiger partial charge in [0.15, 0.2) is 5.82 Å². The van der Waals surface area contributed by atoms with Crippen molar-refractivity contribution in [2.75, 3.05) is 23.3 Å². The number of aryl methyl sites for hydroxylation is 2. The van der Waals surface area contributed by atoms with Crippen molar-refractivity contribution >= 4 is 11.5 Å². The molecule has 0 radical (unpaired) electrons. The van der Waals surface area contributed by atoms with Crippen molar-refractivity contribution < 1.29 is 0 Å².